The molecule has 0 atom stereocenters. The lowest BCUT2D eigenvalue weighted by Gasteiger charge is -2.06. The Kier molecular flexibility index (Phi) is 2.53. The monoisotopic (exact) mass is 289 g/mol. The van der Waals surface area contributed by atoms with Gasteiger partial charge in [0.1, 0.15) is 15.6 Å². The van der Waals surface area contributed by atoms with Crippen LogP contribution in [0.3, 0.4) is 0 Å². The Bertz CT molecular complexity index is 1010. The number of amides is 2. The SMILES string of the molecule is NS(=O)(=O)c1cc2ccccc2c2c1=NC(=O)C(=O)N=2. The maximum absolute atomic E-state index is 11.6. The number of carbonyl (C=O) groups is 2. The van der Waals surface area contributed by atoms with Gasteiger partial charge in [-0.05, 0) is 11.5 Å². The van der Waals surface area contributed by atoms with Crippen molar-refractivity contribution in [3.63, 3.8) is 0 Å². The van der Waals surface area contributed by atoms with Crippen molar-refractivity contribution in [3.05, 3.63) is 41.0 Å². The van der Waals surface area contributed by atoms with E-state index in [4.69, 9.17) is 5.14 Å². The predicted molar refractivity (Wildman–Crippen MR) is 67.6 cm³/mol. The summed E-state index contributed by atoms with van der Waals surface area (Å²) in [6.45, 7) is 0. The second kappa shape index (κ2) is 4.02. The van der Waals surface area contributed by atoms with E-state index in [1.54, 1.807) is 24.3 Å². The van der Waals surface area contributed by atoms with Gasteiger partial charge in [0.15, 0.2) is 0 Å². The van der Waals surface area contributed by atoms with Crippen LogP contribution >= 0.6 is 0 Å². The minimum absolute atomic E-state index is 0.0525. The summed E-state index contributed by atoms with van der Waals surface area (Å²) in [6, 6.07) is 8.03. The fraction of sp³-hybridized carbons (Fsp3) is 0. The van der Waals surface area contributed by atoms with Crippen molar-refractivity contribution in [1.82, 2.24) is 0 Å². The standard InChI is InChI=1S/C12H7N3O4S/c13-20(18,19)8-5-6-3-1-2-4-7(6)9-10(8)15-12(17)11(16)14-9/h1-5H,(H2,13,18,19). The van der Waals surface area contributed by atoms with Crippen LogP contribution in [0.15, 0.2) is 45.2 Å². The lowest BCUT2D eigenvalue weighted by molar-refractivity contribution is -0.135. The third kappa shape index (κ3) is 1.82. The van der Waals surface area contributed by atoms with E-state index in [-0.39, 0.29) is 15.6 Å². The van der Waals surface area contributed by atoms with Crippen molar-refractivity contribution in [2.24, 2.45) is 15.1 Å². The average Bonchev–Trinajstić information content (AvgIpc) is 2.38. The molecule has 0 bridgehead atoms. The van der Waals surface area contributed by atoms with Crippen molar-refractivity contribution in [2.45, 2.75) is 4.90 Å². The Labute approximate surface area is 112 Å². The van der Waals surface area contributed by atoms with E-state index in [1.165, 1.54) is 6.07 Å². The van der Waals surface area contributed by atoms with Crippen molar-refractivity contribution >= 4 is 32.6 Å². The smallest absolute Gasteiger partial charge is 0.261 e. The first-order valence-corrected chi connectivity index (χ1v) is 7.03. The summed E-state index contributed by atoms with van der Waals surface area (Å²) < 4.78 is 23.2. The quantitative estimate of drug-likeness (QED) is 0.662. The molecule has 0 unspecified atom stereocenters. The molecular formula is C12H7N3O4S. The van der Waals surface area contributed by atoms with Crippen LogP contribution in [0, 0.1) is 0 Å². The van der Waals surface area contributed by atoms with E-state index < -0.39 is 21.8 Å². The van der Waals surface area contributed by atoms with Crippen LogP contribution in [0.4, 0.5) is 0 Å². The van der Waals surface area contributed by atoms with Crippen LogP contribution in [0.1, 0.15) is 0 Å². The molecule has 2 amide bonds. The number of rotatable bonds is 1. The molecule has 1 aliphatic heterocycles. The lowest BCUT2D eigenvalue weighted by atomic mass is 10.1. The first-order chi connectivity index (χ1) is 9.38. The fourth-order valence-electron chi connectivity index (χ4n) is 2.03. The summed E-state index contributed by atoms with van der Waals surface area (Å²) in [5.74, 6) is -2.15. The molecule has 3 rings (SSSR count). The first kappa shape index (κ1) is 12.6. The average molecular weight is 289 g/mol. The normalized spacial score (nSPS) is 14.7. The number of sulfonamides is 1. The maximum atomic E-state index is 11.6. The molecule has 0 aromatic heterocycles. The van der Waals surface area contributed by atoms with E-state index in [0.717, 1.165) is 0 Å². The van der Waals surface area contributed by atoms with Gasteiger partial charge in [-0.25, -0.2) is 23.5 Å². The Morgan fingerprint density at radius 1 is 0.950 bits per heavy atom. The molecule has 1 aliphatic rings. The summed E-state index contributed by atoms with van der Waals surface area (Å²) in [4.78, 5) is 29.5. The molecule has 2 aromatic carbocycles. The van der Waals surface area contributed by atoms with Gasteiger partial charge in [-0.2, -0.15) is 0 Å². The van der Waals surface area contributed by atoms with Crippen LogP contribution in [0.25, 0.3) is 10.8 Å². The van der Waals surface area contributed by atoms with Crippen molar-refractivity contribution < 1.29 is 18.0 Å². The van der Waals surface area contributed by atoms with Gasteiger partial charge in [-0.15, -0.1) is 0 Å². The minimum atomic E-state index is -4.09. The van der Waals surface area contributed by atoms with E-state index in [0.29, 0.717) is 10.8 Å². The van der Waals surface area contributed by atoms with Crippen LogP contribution in [0.5, 0.6) is 0 Å². The third-order valence-electron chi connectivity index (χ3n) is 2.88. The first-order valence-electron chi connectivity index (χ1n) is 5.48. The number of carbonyl (C=O) groups excluding carboxylic acids is 2. The largest absolute Gasteiger partial charge is 0.338 e. The summed E-state index contributed by atoms with van der Waals surface area (Å²) in [7, 11) is -4.09. The van der Waals surface area contributed by atoms with Crippen molar-refractivity contribution in [2.75, 3.05) is 0 Å². The molecule has 0 spiro atoms. The number of hydrogen-bond acceptors (Lipinski definition) is 4. The zero-order chi connectivity index (χ0) is 14.5. The van der Waals surface area contributed by atoms with Gasteiger partial charge in [-0.1, -0.05) is 24.3 Å². The number of hydrogen-bond donors (Lipinski definition) is 1. The summed E-state index contributed by atoms with van der Waals surface area (Å²) in [5, 5.41) is 6.06. The highest BCUT2D eigenvalue weighted by Gasteiger charge is 2.22. The summed E-state index contributed by atoms with van der Waals surface area (Å²) in [6.07, 6.45) is 0. The zero-order valence-electron chi connectivity index (χ0n) is 9.90. The van der Waals surface area contributed by atoms with Crippen LogP contribution in [-0.2, 0) is 19.6 Å². The summed E-state index contributed by atoms with van der Waals surface area (Å²) in [5.41, 5.74) is 0. The fourth-order valence-corrected chi connectivity index (χ4v) is 2.73. The van der Waals surface area contributed by atoms with Gasteiger partial charge in [0, 0.05) is 5.39 Å². The maximum Gasteiger partial charge on any atom is 0.338 e. The van der Waals surface area contributed by atoms with Gasteiger partial charge >= 0.3 is 11.8 Å². The van der Waals surface area contributed by atoms with Crippen LogP contribution < -0.4 is 15.9 Å². The minimum Gasteiger partial charge on any atom is -0.261 e. The number of nitrogens with zero attached hydrogens (tertiary/aromatic N) is 2. The van der Waals surface area contributed by atoms with E-state index >= 15 is 0 Å². The molecular weight excluding hydrogens is 282 g/mol. The Morgan fingerprint density at radius 3 is 2.20 bits per heavy atom. The summed E-state index contributed by atoms with van der Waals surface area (Å²) >= 11 is 0. The molecule has 7 nitrogen and oxygen atoms in total. The molecule has 0 fully saturated rings. The molecule has 0 saturated carbocycles. The van der Waals surface area contributed by atoms with Gasteiger partial charge < -0.3 is 0 Å². The van der Waals surface area contributed by atoms with Crippen LogP contribution in [-0.4, -0.2) is 20.2 Å². The predicted octanol–water partition coefficient (Wildman–Crippen LogP) is -1.21. The molecule has 8 heteroatoms. The zero-order valence-corrected chi connectivity index (χ0v) is 10.7. The lowest BCUT2D eigenvalue weighted by Crippen LogP contribution is -2.39. The van der Waals surface area contributed by atoms with Crippen molar-refractivity contribution in [3.8, 4) is 0 Å². The molecule has 2 aromatic rings. The number of primary sulfonamides is 1. The van der Waals surface area contributed by atoms with Crippen molar-refractivity contribution in [1.29, 1.82) is 0 Å². The van der Waals surface area contributed by atoms with Gasteiger partial charge in [-0.3, -0.25) is 9.59 Å². The number of nitrogens with two attached hydrogens (primary N) is 1. The van der Waals surface area contributed by atoms with Crippen LogP contribution in [0.2, 0.25) is 0 Å². The van der Waals surface area contributed by atoms with E-state index in [1.807, 2.05) is 0 Å². The Morgan fingerprint density at radius 2 is 1.55 bits per heavy atom. The topological polar surface area (TPSA) is 119 Å². The van der Waals surface area contributed by atoms with E-state index in [2.05, 4.69) is 9.98 Å². The molecule has 0 radical (unpaired) electrons. The molecule has 100 valence electrons. The second-order valence-electron chi connectivity index (χ2n) is 4.17. The highest BCUT2D eigenvalue weighted by molar-refractivity contribution is 7.89. The number of fused-ring (bicyclic) bond motifs is 3. The second-order valence-corrected chi connectivity index (χ2v) is 5.70. The highest BCUT2D eigenvalue weighted by atomic mass is 32.2. The van der Waals surface area contributed by atoms with Gasteiger partial charge in [0.25, 0.3) is 0 Å². The molecule has 0 saturated heterocycles. The molecule has 2 N–H and O–H groups in total. The van der Waals surface area contributed by atoms with E-state index in [9.17, 15) is 18.0 Å². The molecule has 1 heterocycles. The van der Waals surface area contributed by atoms with Gasteiger partial charge in [0.2, 0.25) is 10.0 Å². The van der Waals surface area contributed by atoms with Gasteiger partial charge in [0.05, 0.1) is 0 Å². The third-order valence-corrected chi connectivity index (χ3v) is 3.80. The Hall–Kier alpha value is -2.45. The molecule has 0 aliphatic carbocycles. The highest BCUT2D eigenvalue weighted by Crippen LogP contribution is 2.12. The molecule has 20 heavy (non-hydrogen) atoms. The number of benzene rings is 2. The Balaban J connectivity index is 2.68.